The molecule has 0 bridgehead atoms. The Morgan fingerprint density at radius 3 is 2.28 bits per heavy atom. The maximum Gasteiger partial charge on any atom is 0.235 e. The lowest BCUT2D eigenvalue weighted by molar-refractivity contribution is -0.137. The molecule has 1 unspecified atom stereocenters. The second-order valence-corrected chi connectivity index (χ2v) is 6.17. The molecular formula is C14H26N2OS. The van der Waals surface area contributed by atoms with Gasteiger partial charge in [-0.2, -0.15) is 0 Å². The van der Waals surface area contributed by atoms with Crippen molar-refractivity contribution in [3.05, 3.63) is 0 Å². The van der Waals surface area contributed by atoms with E-state index >= 15 is 0 Å². The molecule has 1 amide bonds. The smallest absolute Gasteiger partial charge is 0.235 e. The van der Waals surface area contributed by atoms with Crippen LogP contribution in [0.2, 0.25) is 0 Å². The van der Waals surface area contributed by atoms with Crippen LogP contribution in [-0.4, -0.2) is 28.9 Å². The summed E-state index contributed by atoms with van der Waals surface area (Å²) in [4.78, 5) is 14.9. The zero-order chi connectivity index (χ0) is 14.0. The molecule has 1 heterocycles. The summed E-state index contributed by atoms with van der Waals surface area (Å²) in [7, 11) is 0. The number of nitrogens with zero attached hydrogens (tertiary/aromatic N) is 1. The highest BCUT2D eigenvalue weighted by Crippen LogP contribution is 2.39. The van der Waals surface area contributed by atoms with E-state index in [0.29, 0.717) is 16.8 Å². The van der Waals surface area contributed by atoms with Gasteiger partial charge in [0.05, 0.1) is 10.4 Å². The van der Waals surface area contributed by atoms with Crippen LogP contribution in [0.1, 0.15) is 53.4 Å². The summed E-state index contributed by atoms with van der Waals surface area (Å²) in [6.07, 6.45) is 4.03. The van der Waals surface area contributed by atoms with Gasteiger partial charge in [-0.15, -0.1) is 0 Å². The van der Waals surface area contributed by atoms with E-state index in [4.69, 9.17) is 18.0 Å². The second-order valence-electron chi connectivity index (χ2n) is 5.73. The van der Waals surface area contributed by atoms with Crippen LogP contribution in [0.4, 0.5) is 0 Å². The molecule has 0 saturated carbocycles. The Bertz CT molecular complexity index is 339. The molecule has 0 aromatic rings. The van der Waals surface area contributed by atoms with Gasteiger partial charge in [0.1, 0.15) is 0 Å². The number of thiocarbonyl (C=S) groups is 1. The average Bonchev–Trinajstić information content (AvgIpc) is 2.81. The summed E-state index contributed by atoms with van der Waals surface area (Å²) in [6.45, 7) is 9.97. The van der Waals surface area contributed by atoms with Crippen molar-refractivity contribution in [3.63, 3.8) is 0 Å². The fourth-order valence-corrected chi connectivity index (χ4v) is 2.95. The number of nitrogens with two attached hydrogens (primary N) is 1. The van der Waals surface area contributed by atoms with Crippen LogP contribution in [0.5, 0.6) is 0 Å². The molecule has 1 aliphatic heterocycles. The fraction of sp³-hybridized carbons (Fsp3) is 0.857. The minimum atomic E-state index is -0.674. The lowest BCUT2D eigenvalue weighted by Crippen LogP contribution is -2.48. The highest BCUT2D eigenvalue weighted by atomic mass is 32.1. The van der Waals surface area contributed by atoms with Crippen LogP contribution < -0.4 is 5.73 Å². The molecule has 1 fully saturated rings. The predicted molar refractivity (Wildman–Crippen MR) is 79.4 cm³/mol. The molecule has 0 aromatic carbocycles. The zero-order valence-electron chi connectivity index (χ0n) is 12.1. The zero-order valence-corrected chi connectivity index (χ0v) is 12.9. The average molecular weight is 270 g/mol. The largest absolute Gasteiger partial charge is 0.392 e. The Kier molecular flexibility index (Phi) is 4.76. The first kappa shape index (κ1) is 15.4. The van der Waals surface area contributed by atoms with E-state index in [9.17, 15) is 4.79 Å². The van der Waals surface area contributed by atoms with Crippen molar-refractivity contribution in [2.24, 2.45) is 16.6 Å². The summed E-state index contributed by atoms with van der Waals surface area (Å²) >= 11 is 5.09. The summed E-state index contributed by atoms with van der Waals surface area (Å²) in [6, 6.07) is 0. The number of hydrogen-bond donors (Lipinski definition) is 1. The number of likely N-dealkylation sites (tertiary alicyclic amines) is 1. The number of amides is 1. The van der Waals surface area contributed by atoms with E-state index < -0.39 is 5.41 Å². The maximum absolute atomic E-state index is 12.6. The number of carbonyl (C=O) groups excluding carboxylic acids is 1. The molecular weight excluding hydrogens is 244 g/mol. The van der Waals surface area contributed by atoms with Gasteiger partial charge in [0.2, 0.25) is 5.91 Å². The Labute approximate surface area is 116 Å². The predicted octanol–water partition coefficient (Wildman–Crippen LogP) is 2.73. The standard InChI is InChI=1S/C14H26N2OS/c1-5-13(4,11(15)18)12(17)16-9-8-14(6-2,7-3)10-16/h5-10H2,1-4H3,(H2,15,18). The minimum Gasteiger partial charge on any atom is -0.392 e. The molecule has 0 radical (unpaired) electrons. The van der Waals surface area contributed by atoms with Crippen LogP contribution in [0.3, 0.4) is 0 Å². The third-order valence-corrected chi connectivity index (χ3v) is 5.40. The molecule has 1 rings (SSSR count). The van der Waals surface area contributed by atoms with Gasteiger partial charge in [0, 0.05) is 13.1 Å². The van der Waals surface area contributed by atoms with E-state index in [1.54, 1.807) is 0 Å². The second kappa shape index (κ2) is 5.55. The highest BCUT2D eigenvalue weighted by molar-refractivity contribution is 7.80. The normalized spacial score (nSPS) is 21.7. The molecule has 0 aromatic heterocycles. The van der Waals surface area contributed by atoms with E-state index in [1.165, 1.54) is 0 Å². The molecule has 2 N–H and O–H groups in total. The minimum absolute atomic E-state index is 0.112. The van der Waals surface area contributed by atoms with Crippen LogP contribution >= 0.6 is 12.2 Å². The highest BCUT2D eigenvalue weighted by Gasteiger charge is 2.43. The Balaban J connectivity index is 2.85. The molecule has 104 valence electrons. The van der Waals surface area contributed by atoms with Gasteiger partial charge < -0.3 is 10.6 Å². The monoisotopic (exact) mass is 270 g/mol. The first-order valence-corrected chi connectivity index (χ1v) is 7.35. The molecule has 1 saturated heterocycles. The Morgan fingerprint density at radius 1 is 1.39 bits per heavy atom. The van der Waals surface area contributed by atoms with E-state index in [0.717, 1.165) is 32.4 Å². The first-order chi connectivity index (χ1) is 8.35. The van der Waals surface area contributed by atoms with Crippen molar-refractivity contribution in [2.45, 2.75) is 53.4 Å². The van der Waals surface area contributed by atoms with Gasteiger partial charge >= 0.3 is 0 Å². The number of carbonyl (C=O) groups is 1. The van der Waals surface area contributed by atoms with Crippen LogP contribution in [0.25, 0.3) is 0 Å². The summed E-state index contributed by atoms with van der Waals surface area (Å²) in [5.74, 6) is 0.112. The van der Waals surface area contributed by atoms with Gasteiger partial charge in [-0.3, -0.25) is 4.79 Å². The quantitative estimate of drug-likeness (QED) is 0.781. The fourth-order valence-electron chi connectivity index (χ4n) is 2.72. The topological polar surface area (TPSA) is 46.3 Å². The van der Waals surface area contributed by atoms with E-state index in [1.807, 2.05) is 18.7 Å². The Hall–Kier alpha value is -0.640. The first-order valence-electron chi connectivity index (χ1n) is 6.94. The van der Waals surface area contributed by atoms with E-state index in [-0.39, 0.29) is 5.91 Å². The lowest BCUT2D eigenvalue weighted by Gasteiger charge is -2.32. The van der Waals surface area contributed by atoms with Crippen molar-refractivity contribution >= 4 is 23.1 Å². The molecule has 18 heavy (non-hydrogen) atoms. The van der Waals surface area contributed by atoms with Gasteiger partial charge in [-0.25, -0.2) is 0 Å². The van der Waals surface area contributed by atoms with Gasteiger partial charge in [0.15, 0.2) is 0 Å². The van der Waals surface area contributed by atoms with Crippen molar-refractivity contribution in [2.75, 3.05) is 13.1 Å². The summed E-state index contributed by atoms with van der Waals surface area (Å²) in [5.41, 5.74) is 5.40. The van der Waals surface area contributed by atoms with Crippen molar-refractivity contribution in [1.29, 1.82) is 0 Å². The van der Waals surface area contributed by atoms with Crippen LogP contribution in [0, 0.1) is 10.8 Å². The molecule has 0 aliphatic carbocycles. The Morgan fingerprint density at radius 2 is 1.94 bits per heavy atom. The SMILES string of the molecule is CCC1(CC)CCN(C(=O)C(C)(CC)C(N)=S)C1. The van der Waals surface area contributed by atoms with Gasteiger partial charge in [-0.1, -0.05) is 33.0 Å². The molecule has 4 heteroatoms. The number of hydrogen-bond acceptors (Lipinski definition) is 2. The molecule has 1 aliphatic rings. The van der Waals surface area contributed by atoms with E-state index in [2.05, 4.69) is 13.8 Å². The summed E-state index contributed by atoms with van der Waals surface area (Å²) in [5, 5.41) is 0. The van der Waals surface area contributed by atoms with Crippen LogP contribution in [0.15, 0.2) is 0 Å². The van der Waals surface area contributed by atoms with Crippen molar-refractivity contribution in [1.82, 2.24) is 4.90 Å². The lowest BCUT2D eigenvalue weighted by atomic mass is 9.81. The van der Waals surface area contributed by atoms with Gasteiger partial charge in [0.25, 0.3) is 0 Å². The van der Waals surface area contributed by atoms with Crippen LogP contribution in [-0.2, 0) is 4.79 Å². The third kappa shape index (κ3) is 2.53. The summed E-state index contributed by atoms with van der Waals surface area (Å²) < 4.78 is 0. The molecule has 1 atom stereocenters. The molecule has 0 spiro atoms. The maximum atomic E-state index is 12.6. The number of rotatable bonds is 5. The third-order valence-electron chi connectivity index (χ3n) is 4.95. The van der Waals surface area contributed by atoms with Gasteiger partial charge in [-0.05, 0) is 38.0 Å². The van der Waals surface area contributed by atoms with Crippen molar-refractivity contribution < 1.29 is 4.79 Å². The van der Waals surface area contributed by atoms with Crippen molar-refractivity contribution in [3.8, 4) is 0 Å². The molecule has 3 nitrogen and oxygen atoms in total.